The molecule has 0 saturated carbocycles. The molecule has 2 aromatic carbocycles. The molecule has 136 valence electrons. The lowest BCUT2D eigenvalue weighted by Crippen LogP contribution is -2.31. The summed E-state index contributed by atoms with van der Waals surface area (Å²) in [6, 6.07) is 16.7. The zero-order chi connectivity index (χ0) is 18.2. The minimum absolute atomic E-state index is 0.753. The van der Waals surface area contributed by atoms with Crippen molar-refractivity contribution in [2.75, 3.05) is 18.0 Å². The SMILES string of the molecule is Clc1ccc(-c2nc(N3CCCCC3)nc3c2CCc2ccccc2-3)cc1. The molecule has 1 aliphatic heterocycles. The van der Waals surface area contributed by atoms with E-state index in [1.54, 1.807) is 0 Å². The van der Waals surface area contributed by atoms with E-state index in [4.69, 9.17) is 21.6 Å². The van der Waals surface area contributed by atoms with Gasteiger partial charge in [0.05, 0.1) is 11.4 Å². The molecule has 0 atom stereocenters. The van der Waals surface area contributed by atoms with Crippen LogP contribution in [0.1, 0.15) is 30.4 Å². The fourth-order valence-electron chi connectivity index (χ4n) is 4.24. The lowest BCUT2D eigenvalue weighted by atomic mass is 9.87. The van der Waals surface area contributed by atoms with Gasteiger partial charge in [-0.1, -0.05) is 48.0 Å². The van der Waals surface area contributed by atoms with E-state index >= 15 is 0 Å². The van der Waals surface area contributed by atoms with Crippen LogP contribution >= 0.6 is 11.6 Å². The van der Waals surface area contributed by atoms with Crippen LogP contribution < -0.4 is 4.90 Å². The van der Waals surface area contributed by atoms with Crippen molar-refractivity contribution in [3.63, 3.8) is 0 Å². The van der Waals surface area contributed by atoms with Gasteiger partial charge in [0.25, 0.3) is 0 Å². The molecule has 0 unspecified atom stereocenters. The van der Waals surface area contributed by atoms with Crippen LogP contribution in [0.2, 0.25) is 5.02 Å². The topological polar surface area (TPSA) is 29.0 Å². The van der Waals surface area contributed by atoms with Gasteiger partial charge in [-0.25, -0.2) is 9.97 Å². The fraction of sp³-hybridized carbons (Fsp3) is 0.304. The number of anilines is 1. The molecule has 4 heteroatoms. The summed E-state index contributed by atoms with van der Waals surface area (Å²) in [5, 5.41) is 0.753. The second-order valence-electron chi connectivity index (χ2n) is 7.41. The Hall–Kier alpha value is -2.39. The van der Waals surface area contributed by atoms with Gasteiger partial charge in [0.15, 0.2) is 0 Å². The fourth-order valence-corrected chi connectivity index (χ4v) is 4.37. The van der Waals surface area contributed by atoms with Crippen molar-refractivity contribution in [3.8, 4) is 22.5 Å². The standard InChI is InChI=1S/C23H22ClN3/c24-18-11-8-17(9-12-18)21-20-13-10-16-6-2-3-7-19(16)22(20)26-23(25-21)27-14-4-1-5-15-27/h2-3,6-9,11-12H,1,4-5,10,13-15H2. The largest absolute Gasteiger partial charge is 0.341 e. The van der Waals surface area contributed by atoms with Gasteiger partial charge in [-0.05, 0) is 49.8 Å². The molecule has 2 aliphatic rings. The molecule has 0 bridgehead atoms. The maximum Gasteiger partial charge on any atom is 0.226 e. The summed E-state index contributed by atoms with van der Waals surface area (Å²) in [4.78, 5) is 12.5. The first-order valence-corrected chi connectivity index (χ1v) is 10.2. The third-order valence-electron chi connectivity index (χ3n) is 5.67. The molecule has 1 aliphatic carbocycles. The minimum Gasteiger partial charge on any atom is -0.341 e. The summed E-state index contributed by atoms with van der Waals surface area (Å²) < 4.78 is 0. The second kappa shape index (κ2) is 6.97. The van der Waals surface area contributed by atoms with E-state index in [1.165, 1.54) is 36.0 Å². The average Bonchev–Trinajstić information content (AvgIpc) is 2.74. The summed E-state index contributed by atoms with van der Waals surface area (Å²) in [5.74, 6) is 0.870. The predicted octanol–water partition coefficient (Wildman–Crippen LogP) is 5.55. The van der Waals surface area contributed by atoms with Gasteiger partial charge >= 0.3 is 0 Å². The number of hydrogen-bond donors (Lipinski definition) is 0. The Bertz CT molecular complexity index is 975. The van der Waals surface area contributed by atoms with Gasteiger partial charge in [0.1, 0.15) is 0 Å². The Morgan fingerprint density at radius 1 is 0.778 bits per heavy atom. The summed E-state index contributed by atoms with van der Waals surface area (Å²) in [6.45, 7) is 2.08. The third-order valence-corrected chi connectivity index (χ3v) is 5.92. The molecule has 3 aromatic rings. The van der Waals surface area contributed by atoms with Gasteiger partial charge < -0.3 is 4.90 Å². The molecule has 1 aromatic heterocycles. The summed E-state index contributed by atoms with van der Waals surface area (Å²) >= 11 is 6.12. The summed E-state index contributed by atoms with van der Waals surface area (Å²) in [7, 11) is 0. The molecular weight excluding hydrogens is 354 g/mol. The van der Waals surface area contributed by atoms with E-state index in [9.17, 15) is 0 Å². The zero-order valence-electron chi connectivity index (χ0n) is 15.3. The number of piperidine rings is 1. The van der Waals surface area contributed by atoms with Crippen molar-refractivity contribution in [1.82, 2.24) is 9.97 Å². The third kappa shape index (κ3) is 3.10. The maximum atomic E-state index is 6.12. The molecule has 0 radical (unpaired) electrons. The van der Waals surface area contributed by atoms with E-state index < -0.39 is 0 Å². The van der Waals surface area contributed by atoms with Crippen LogP contribution in [0.3, 0.4) is 0 Å². The second-order valence-corrected chi connectivity index (χ2v) is 7.85. The van der Waals surface area contributed by atoms with E-state index in [-0.39, 0.29) is 0 Å². The van der Waals surface area contributed by atoms with Gasteiger partial charge in [0.2, 0.25) is 5.95 Å². The number of aromatic nitrogens is 2. The lowest BCUT2D eigenvalue weighted by molar-refractivity contribution is 0.568. The van der Waals surface area contributed by atoms with Crippen molar-refractivity contribution in [2.24, 2.45) is 0 Å². The molecule has 1 saturated heterocycles. The molecule has 1 fully saturated rings. The first kappa shape index (κ1) is 16.8. The van der Waals surface area contributed by atoms with Crippen molar-refractivity contribution >= 4 is 17.5 Å². The number of nitrogens with zero attached hydrogens (tertiary/aromatic N) is 3. The van der Waals surface area contributed by atoms with Crippen molar-refractivity contribution in [1.29, 1.82) is 0 Å². The van der Waals surface area contributed by atoms with Crippen LogP contribution in [0.25, 0.3) is 22.5 Å². The molecular formula is C23H22ClN3. The highest BCUT2D eigenvalue weighted by Crippen LogP contribution is 2.38. The van der Waals surface area contributed by atoms with Gasteiger partial charge in [-0.15, -0.1) is 0 Å². The molecule has 0 spiro atoms. The van der Waals surface area contributed by atoms with Crippen LogP contribution in [-0.4, -0.2) is 23.1 Å². The Balaban J connectivity index is 1.71. The Morgan fingerprint density at radius 3 is 2.33 bits per heavy atom. The number of rotatable bonds is 2. The first-order valence-electron chi connectivity index (χ1n) is 9.80. The highest BCUT2D eigenvalue weighted by molar-refractivity contribution is 6.30. The number of fused-ring (bicyclic) bond motifs is 3. The molecule has 27 heavy (non-hydrogen) atoms. The Morgan fingerprint density at radius 2 is 1.52 bits per heavy atom. The highest BCUT2D eigenvalue weighted by atomic mass is 35.5. The van der Waals surface area contributed by atoms with E-state index in [0.29, 0.717) is 0 Å². The van der Waals surface area contributed by atoms with Crippen LogP contribution in [0.5, 0.6) is 0 Å². The lowest BCUT2D eigenvalue weighted by Gasteiger charge is -2.29. The molecule has 2 heterocycles. The average molecular weight is 376 g/mol. The van der Waals surface area contributed by atoms with Gasteiger partial charge in [-0.2, -0.15) is 0 Å². The van der Waals surface area contributed by atoms with Crippen LogP contribution in [0.4, 0.5) is 5.95 Å². The first-order chi connectivity index (χ1) is 13.3. The molecule has 0 N–H and O–H groups in total. The van der Waals surface area contributed by atoms with Crippen LogP contribution in [0.15, 0.2) is 48.5 Å². The van der Waals surface area contributed by atoms with Crippen molar-refractivity contribution in [3.05, 3.63) is 64.7 Å². The summed E-state index contributed by atoms with van der Waals surface area (Å²) in [6.07, 6.45) is 5.75. The Labute approximate surface area is 165 Å². The van der Waals surface area contributed by atoms with Gasteiger partial charge in [-0.3, -0.25) is 0 Å². The smallest absolute Gasteiger partial charge is 0.226 e. The van der Waals surface area contributed by atoms with E-state index in [1.807, 2.05) is 12.1 Å². The molecule has 5 rings (SSSR count). The normalized spacial score (nSPS) is 16.0. The van der Waals surface area contributed by atoms with Crippen molar-refractivity contribution < 1.29 is 0 Å². The number of aryl methyl sites for hydroxylation is 1. The summed E-state index contributed by atoms with van der Waals surface area (Å²) in [5.41, 5.74) is 7.20. The minimum atomic E-state index is 0.753. The zero-order valence-corrected chi connectivity index (χ0v) is 16.0. The Kier molecular flexibility index (Phi) is 4.33. The predicted molar refractivity (Wildman–Crippen MR) is 111 cm³/mol. The van der Waals surface area contributed by atoms with Gasteiger partial charge in [0, 0.05) is 34.8 Å². The van der Waals surface area contributed by atoms with E-state index in [0.717, 1.165) is 53.9 Å². The van der Waals surface area contributed by atoms with E-state index in [2.05, 4.69) is 41.3 Å². The van der Waals surface area contributed by atoms with Crippen molar-refractivity contribution in [2.45, 2.75) is 32.1 Å². The number of halogens is 1. The van der Waals surface area contributed by atoms with Crippen LogP contribution in [0, 0.1) is 0 Å². The maximum absolute atomic E-state index is 6.12. The molecule has 3 nitrogen and oxygen atoms in total. The number of benzene rings is 2. The molecule has 0 amide bonds. The monoisotopic (exact) mass is 375 g/mol. The van der Waals surface area contributed by atoms with Crippen LogP contribution in [-0.2, 0) is 12.8 Å². The highest BCUT2D eigenvalue weighted by Gasteiger charge is 2.25. The number of hydrogen-bond acceptors (Lipinski definition) is 3. The quantitative estimate of drug-likeness (QED) is 0.587.